The zero-order chi connectivity index (χ0) is 7.49. The van der Waals surface area contributed by atoms with Gasteiger partial charge in [-0.2, -0.15) is 0 Å². The van der Waals surface area contributed by atoms with Crippen molar-refractivity contribution in [2.75, 3.05) is 7.11 Å². The van der Waals surface area contributed by atoms with Gasteiger partial charge in [-0.1, -0.05) is 0 Å². The SMILES string of the molecule is COC(F)(F)OC(C)C. The van der Waals surface area contributed by atoms with Crippen LogP contribution in [-0.4, -0.2) is 19.5 Å². The molecule has 0 aliphatic carbocycles. The summed E-state index contributed by atoms with van der Waals surface area (Å²) in [4.78, 5) is 0. The number of rotatable bonds is 3. The Morgan fingerprint density at radius 2 is 1.78 bits per heavy atom. The van der Waals surface area contributed by atoms with Crippen LogP contribution in [-0.2, 0) is 9.47 Å². The van der Waals surface area contributed by atoms with Gasteiger partial charge in [-0.15, -0.1) is 8.78 Å². The monoisotopic (exact) mass is 140 g/mol. The fourth-order valence-corrected chi connectivity index (χ4v) is 0.323. The number of alkyl halides is 2. The van der Waals surface area contributed by atoms with Crippen LogP contribution in [0.15, 0.2) is 0 Å². The molecule has 2 nitrogen and oxygen atoms in total. The van der Waals surface area contributed by atoms with Crippen molar-refractivity contribution in [1.29, 1.82) is 0 Å². The van der Waals surface area contributed by atoms with Crippen molar-refractivity contribution in [1.82, 2.24) is 0 Å². The predicted octanol–water partition coefficient (Wildman–Crippen LogP) is 1.61. The third-order valence-corrected chi connectivity index (χ3v) is 0.611. The fourth-order valence-electron chi connectivity index (χ4n) is 0.323. The molecule has 9 heavy (non-hydrogen) atoms. The van der Waals surface area contributed by atoms with Gasteiger partial charge in [-0.05, 0) is 13.8 Å². The Kier molecular flexibility index (Phi) is 3.00. The van der Waals surface area contributed by atoms with E-state index in [0.29, 0.717) is 0 Å². The molecule has 0 aromatic carbocycles. The highest BCUT2D eigenvalue weighted by atomic mass is 19.3. The number of ether oxygens (including phenoxy) is 2. The summed E-state index contributed by atoms with van der Waals surface area (Å²) in [6, 6.07) is 0. The smallest absolute Gasteiger partial charge is 0.299 e. The Balaban J connectivity index is 3.58. The van der Waals surface area contributed by atoms with Crippen molar-refractivity contribution in [2.24, 2.45) is 0 Å². The van der Waals surface area contributed by atoms with Gasteiger partial charge in [-0.3, -0.25) is 9.47 Å². The van der Waals surface area contributed by atoms with Crippen molar-refractivity contribution in [3.8, 4) is 0 Å². The number of methoxy groups -OCH3 is 1. The first-order valence-electron chi connectivity index (χ1n) is 2.58. The van der Waals surface area contributed by atoms with E-state index in [2.05, 4.69) is 9.47 Å². The van der Waals surface area contributed by atoms with Crippen LogP contribution in [0.2, 0.25) is 0 Å². The molecular weight excluding hydrogens is 130 g/mol. The van der Waals surface area contributed by atoms with Crippen LogP contribution in [0.25, 0.3) is 0 Å². The van der Waals surface area contributed by atoms with Gasteiger partial charge in [0.05, 0.1) is 6.10 Å². The van der Waals surface area contributed by atoms with E-state index in [4.69, 9.17) is 0 Å². The molecule has 0 saturated heterocycles. The van der Waals surface area contributed by atoms with E-state index in [0.717, 1.165) is 7.11 Å². The molecule has 0 radical (unpaired) electrons. The molecule has 0 aromatic heterocycles. The third-order valence-electron chi connectivity index (χ3n) is 0.611. The molecule has 0 bridgehead atoms. The second kappa shape index (κ2) is 3.08. The minimum Gasteiger partial charge on any atom is -0.299 e. The summed E-state index contributed by atoms with van der Waals surface area (Å²) in [6.07, 6.45) is -3.96. The van der Waals surface area contributed by atoms with Crippen LogP contribution in [0.5, 0.6) is 0 Å². The molecule has 0 unspecified atom stereocenters. The summed E-state index contributed by atoms with van der Waals surface area (Å²) in [7, 11) is 0.891. The van der Waals surface area contributed by atoms with Crippen LogP contribution in [0, 0.1) is 0 Å². The maximum Gasteiger partial charge on any atom is 0.485 e. The van der Waals surface area contributed by atoms with E-state index >= 15 is 0 Å². The number of hydrogen-bond acceptors (Lipinski definition) is 2. The average molecular weight is 140 g/mol. The van der Waals surface area contributed by atoms with Crippen LogP contribution in [0.3, 0.4) is 0 Å². The molecule has 0 saturated carbocycles. The van der Waals surface area contributed by atoms with Gasteiger partial charge < -0.3 is 0 Å². The maximum atomic E-state index is 12.0. The zero-order valence-corrected chi connectivity index (χ0v) is 5.65. The summed E-state index contributed by atoms with van der Waals surface area (Å²) in [5, 5.41) is 0. The highest BCUT2D eigenvalue weighted by Gasteiger charge is 2.30. The van der Waals surface area contributed by atoms with Crippen LogP contribution >= 0.6 is 0 Å². The predicted molar refractivity (Wildman–Crippen MR) is 28.2 cm³/mol. The molecule has 0 heterocycles. The van der Waals surface area contributed by atoms with Crippen molar-refractivity contribution in [2.45, 2.75) is 26.2 Å². The topological polar surface area (TPSA) is 18.5 Å². The fraction of sp³-hybridized carbons (Fsp3) is 1.00. The van der Waals surface area contributed by atoms with Crippen molar-refractivity contribution in [3.63, 3.8) is 0 Å². The molecule has 4 heteroatoms. The van der Waals surface area contributed by atoms with Gasteiger partial charge in [0.15, 0.2) is 0 Å². The molecule has 0 amide bonds. The van der Waals surface area contributed by atoms with Gasteiger partial charge in [-0.25, -0.2) is 0 Å². The summed E-state index contributed by atoms with van der Waals surface area (Å²) < 4.78 is 31.6. The van der Waals surface area contributed by atoms with Gasteiger partial charge in [0.1, 0.15) is 0 Å². The lowest BCUT2D eigenvalue weighted by molar-refractivity contribution is -0.393. The van der Waals surface area contributed by atoms with Crippen molar-refractivity contribution < 1.29 is 18.3 Å². The molecule has 0 fully saturated rings. The number of hydrogen-bond donors (Lipinski definition) is 0. The Bertz CT molecular complexity index is 83.0. The molecular formula is C5H10F2O2. The molecule has 0 spiro atoms. The summed E-state index contributed by atoms with van der Waals surface area (Å²) >= 11 is 0. The van der Waals surface area contributed by atoms with Crippen LogP contribution in [0.4, 0.5) is 8.78 Å². The average Bonchev–Trinajstić information content (AvgIpc) is 1.63. The lowest BCUT2D eigenvalue weighted by atomic mass is 10.5. The number of halogens is 2. The van der Waals surface area contributed by atoms with E-state index in [1.165, 1.54) is 13.8 Å². The quantitative estimate of drug-likeness (QED) is 0.554. The molecule has 0 aromatic rings. The van der Waals surface area contributed by atoms with E-state index in [1.807, 2.05) is 0 Å². The van der Waals surface area contributed by atoms with Gasteiger partial charge in [0.2, 0.25) is 0 Å². The normalized spacial score (nSPS) is 12.7. The molecule has 0 N–H and O–H groups in total. The largest absolute Gasteiger partial charge is 0.485 e. The molecule has 56 valence electrons. The van der Waals surface area contributed by atoms with E-state index < -0.39 is 12.4 Å². The van der Waals surface area contributed by atoms with Crippen molar-refractivity contribution in [3.05, 3.63) is 0 Å². The highest BCUT2D eigenvalue weighted by molar-refractivity contribution is 4.38. The van der Waals surface area contributed by atoms with Gasteiger partial charge in [0.25, 0.3) is 0 Å². The summed E-state index contributed by atoms with van der Waals surface area (Å²) in [6.45, 7) is 3.01. The molecule has 0 atom stereocenters. The lowest BCUT2D eigenvalue weighted by Crippen LogP contribution is -2.26. The van der Waals surface area contributed by atoms with Gasteiger partial charge in [0, 0.05) is 7.11 Å². The van der Waals surface area contributed by atoms with E-state index in [-0.39, 0.29) is 0 Å². The van der Waals surface area contributed by atoms with Crippen LogP contribution in [0.1, 0.15) is 13.8 Å². The standard InChI is InChI=1S/C5H10F2O2/c1-4(2)9-5(6,7)8-3/h4H,1-3H3. The molecule has 0 rings (SSSR count). The lowest BCUT2D eigenvalue weighted by Gasteiger charge is -2.15. The second-order valence-electron chi connectivity index (χ2n) is 1.83. The Labute approximate surface area is 52.8 Å². The Morgan fingerprint density at radius 3 is 1.89 bits per heavy atom. The first kappa shape index (κ1) is 8.78. The van der Waals surface area contributed by atoms with E-state index in [9.17, 15) is 8.78 Å². The second-order valence-corrected chi connectivity index (χ2v) is 1.83. The summed E-state index contributed by atoms with van der Waals surface area (Å²) in [5.41, 5.74) is 0. The van der Waals surface area contributed by atoms with E-state index in [1.54, 1.807) is 0 Å². The Morgan fingerprint density at radius 1 is 1.33 bits per heavy atom. The molecule has 0 aliphatic rings. The van der Waals surface area contributed by atoms with Crippen molar-refractivity contribution >= 4 is 0 Å². The molecule has 0 aliphatic heterocycles. The minimum atomic E-state index is -3.44. The maximum absolute atomic E-state index is 12.0. The third kappa shape index (κ3) is 4.29. The van der Waals surface area contributed by atoms with Gasteiger partial charge >= 0.3 is 6.29 Å². The Hall–Kier alpha value is -0.220. The zero-order valence-electron chi connectivity index (χ0n) is 5.65. The summed E-state index contributed by atoms with van der Waals surface area (Å²) in [5.74, 6) is 0. The minimum absolute atomic E-state index is 0.528. The van der Waals surface area contributed by atoms with Crippen LogP contribution < -0.4 is 0 Å². The highest BCUT2D eigenvalue weighted by Crippen LogP contribution is 2.17. The first-order chi connectivity index (χ1) is 3.98. The first-order valence-corrected chi connectivity index (χ1v) is 2.58.